The number of nitrogens with two attached hydrogens (primary N) is 1. The predicted octanol–water partition coefficient (Wildman–Crippen LogP) is 2.88. The first-order chi connectivity index (χ1) is 14.1. The van der Waals surface area contributed by atoms with Gasteiger partial charge in [-0.1, -0.05) is 6.92 Å². The summed E-state index contributed by atoms with van der Waals surface area (Å²) in [7, 11) is 3.19. The Balaban J connectivity index is 1.67. The van der Waals surface area contributed by atoms with Crippen molar-refractivity contribution >= 4 is 11.7 Å². The largest absolute Gasteiger partial charge is 0.496 e. The normalized spacial score (nSPS) is 14.5. The summed E-state index contributed by atoms with van der Waals surface area (Å²) in [4.78, 5) is 23.2. The van der Waals surface area contributed by atoms with Crippen LogP contribution in [0.1, 0.15) is 48.2 Å². The van der Waals surface area contributed by atoms with Crippen LogP contribution in [0.5, 0.6) is 17.2 Å². The van der Waals surface area contributed by atoms with Crippen LogP contribution in [-0.4, -0.2) is 54.7 Å². The fourth-order valence-electron chi connectivity index (χ4n) is 3.52. The van der Waals surface area contributed by atoms with Gasteiger partial charge in [-0.05, 0) is 25.2 Å². The second-order valence-electron chi connectivity index (χ2n) is 6.99. The molecule has 8 nitrogen and oxygen atoms in total. The van der Waals surface area contributed by atoms with Crippen LogP contribution in [0.2, 0.25) is 0 Å². The molecule has 3 rings (SSSR count). The fourth-order valence-corrected chi connectivity index (χ4v) is 3.52. The molecule has 2 aromatic heterocycles. The Morgan fingerprint density at radius 2 is 1.83 bits per heavy atom. The molecule has 0 unspecified atom stereocenters. The zero-order valence-corrected chi connectivity index (χ0v) is 17.2. The highest BCUT2D eigenvalue weighted by molar-refractivity contribution is 5.93. The number of rotatable bonds is 7. The van der Waals surface area contributed by atoms with E-state index in [-0.39, 0.29) is 11.8 Å². The average Bonchev–Trinajstić information content (AvgIpc) is 2.77. The number of nitrogens with zero attached hydrogens (tertiary/aromatic N) is 3. The molecule has 156 valence electrons. The molecule has 1 aliphatic heterocycles. The number of nitrogen functional groups attached to an aromatic ring is 1. The topological polar surface area (TPSA) is 99.8 Å². The van der Waals surface area contributed by atoms with E-state index in [9.17, 15) is 4.79 Å². The second kappa shape index (κ2) is 9.45. The molecule has 8 heteroatoms. The average molecular weight is 400 g/mol. The summed E-state index contributed by atoms with van der Waals surface area (Å²) in [5.41, 5.74) is 7.14. The van der Waals surface area contributed by atoms with Crippen molar-refractivity contribution in [2.75, 3.05) is 39.6 Å². The number of ether oxygens (including phenoxy) is 3. The minimum absolute atomic E-state index is 0.105. The molecule has 0 radical (unpaired) electrons. The van der Waals surface area contributed by atoms with Gasteiger partial charge in [0.15, 0.2) is 11.5 Å². The van der Waals surface area contributed by atoms with E-state index in [1.807, 2.05) is 11.8 Å². The van der Waals surface area contributed by atoms with Gasteiger partial charge in [0.1, 0.15) is 17.3 Å². The number of likely N-dealkylation sites (tertiary alicyclic amines) is 1. The van der Waals surface area contributed by atoms with Crippen LogP contribution >= 0.6 is 0 Å². The lowest BCUT2D eigenvalue weighted by molar-refractivity contribution is 0.0706. The third-order valence-corrected chi connectivity index (χ3v) is 5.09. The summed E-state index contributed by atoms with van der Waals surface area (Å²) >= 11 is 0. The van der Waals surface area contributed by atoms with Gasteiger partial charge in [-0.25, -0.2) is 9.97 Å². The van der Waals surface area contributed by atoms with E-state index in [0.717, 1.165) is 30.6 Å². The minimum Gasteiger partial charge on any atom is -0.496 e. The molecule has 0 atom stereocenters. The van der Waals surface area contributed by atoms with Crippen molar-refractivity contribution in [3.8, 4) is 17.2 Å². The number of carbonyl (C=O) groups is 1. The zero-order valence-electron chi connectivity index (χ0n) is 17.2. The van der Waals surface area contributed by atoms with Crippen molar-refractivity contribution in [3.63, 3.8) is 0 Å². The molecular weight excluding hydrogens is 372 g/mol. The smallest absolute Gasteiger partial charge is 0.272 e. The Hall–Kier alpha value is -3.03. The van der Waals surface area contributed by atoms with Crippen LogP contribution in [0.15, 0.2) is 24.5 Å². The van der Waals surface area contributed by atoms with Crippen molar-refractivity contribution in [2.24, 2.45) is 0 Å². The zero-order chi connectivity index (χ0) is 20.8. The standard InChI is InChI=1S/C21H28N4O4/c1-4-9-29-19-13-23-16(10-18(19)28-3)21(26)25-7-5-14(6-8-25)15-12-24-20(22)11-17(15)27-2/h10-14H,4-9H2,1-3H3,(H2,22,24). The van der Waals surface area contributed by atoms with E-state index in [2.05, 4.69) is 9.97 Å². The van der Waals surface area contributed by atoms with Crippen LogP contribution in [-0.2, 0) is 0 Å². The van der Waals surface area contributed by atoms with E-state index in [0.29, 0.717) is 42.7 Å². The number of carbonyl (C=O) groups excluding carboxylic acids is 1. The molecule has 0 bridgehead atoms. The first-order valence-electron chi connectivity index (χ1n) is 9.82. The first-order valence-corrected chi connectivity index (χ1v) is 9.82. The van der Waals surface area contributed by atoms with Gasteiger partial charge in [0, 0.05) is 37.0 Å². The molecule has 0 spiro atoms. The lowest BCUT2D eigenvalue weighted by atomic mass is 9.89. The van der Waals surface area contributed by atoms with Crippen LogP contribution < -0.4 is 19.9 Å². The van der Waals surface area contributed by atoms with Gasteiger partial charge in [-0.3, -0.25) is 4.79 Å². The number of anilines is 1. The highest BCUT2D eigenvalue weighted by Crippen LogP contribution is 2.35. The van der Waals surface area contributed by atoms with E-state index in [1.165, 1.54) is 0 Å². The Bertz CT molecular complexity index is 851. The van der Waals surface area contributed by atoms with Crippen LogP contribution in [0, 0.1) is 0 Å². The number of methoxy groups -OCH3 is 2. The van der Waals surface area contributed by atoms with E-state index >= 15 is 0 Å². The number of pyridine rings is 2. The van der Waals surface area contributed by atoms with Gasteiger partial charge in [0.25, 0.3) is 5.91 Å². The summed E-state index contributed by atoms with van der Waals surface area (Å²) in [6, 6.07) is 3.39. The number of hydrogen-bond donors (Lipinski definition) is 1. The quantitative estimate of drug-likeness (QED) is 0.763. The fraction of sp³-hybridized carbons (Fsp3) is 0.476. The Morgan fingerprint density at radius 1 is 1.10 bits per heavy atom. The Labute approximate surface area is 171 Å². The van der Waals surface area contributed by atoms with Gasteiger partial charge >= 0.3 is 0 Å². The highest BCUT2D eigenvalue weighted by Gasteiger charge is 2.27. The lowest BCUT2D eigenvalue weighted by Crippen LogP contribution is -2.38. The van der Waals surface area contributed by atoms with Crippen molar-refractivity contribution in [1.82, 2.24) is 14.9 Å². The molecule has 3 heterocycles. The summed E-state index contributed by atoms with van der Waals surface area (Å²) in [5.74, 6) is 2.42. The predicted molar refractivity (Wildman–Crippen MR) is 110 cm³/mol. The van der Waals surface area contributed by atoms with Crippen LogP contribution in [0.4, 0.5) is 5.82 Å². The first kappa shape index (κ1) is 20.7. The maximum Gasteiger partial charge on any atom is 0.272 e. The van der Waals surface area contributed by atoms with Gasteiger partial charge in [0.2, 0.25) is 0 Å². The molecule has 2 N–H and O–H groups in total. The number of hydrogen-bond acceptors (Lipinski definition) is 7. The summed E-state index contributed by atoms with van der Waals surface area (Å²) in [5, 5.41) is 0. The van der Waals surface area contributed by atoms with Gasteiger partial charge < -0.3 is 24.8 Å². The van der Waals surface area contributed by atoms with Crippen molar-refractivity contribution in [3.05, 3.63) is 35.8 Å². The summed E-state index contributed by atoms with van der Waals surface area (Å²) in [6.07, 6.45) is 5.86. The molecule has 1 amide bonds. The monoisotopic (exact) mass is 400 g/mol. The molecule has 0 saturated carbocycles. The van der Waals surface area contributed by atoms with E-state index in [1.54, 1.807) is 38.7 Å². The molecule has 2 aromatic rings. The van der Waals surface area contributed by atoms with E-state index < -0.39 is 0 Å². The van der Waals surface area contributed by atoms with Gasteiger partial charge in [0.05, 0.1) is 27.0 Å². The molecule has 0 aliphatic carbocycles. The molecule has 0 aromatic carbocycles. The molecule has 1 saturated heterocycles. The van der Waals surface area contributed by atoms with Gasteiger partial charge in [-0.2, -0.15) is 0 Å². The molecule has 1 fully saturated rings. The Kier molecular flexibility index (Phi) is 6.74. The molecule has 1 aliphatic rings. The Morgan fingerprint density at radius 3 is 2.48 bits per heavy atom. The number of amides is 1. The third-order valence-electron chi connectivity index (χ3n) is 5.09. The third kappa shape index (κ3) is 4.70. The SMILES string of the molecule is CCCOc1cnc(C(=O)N2CCC(c3cnc(N)cc3OC)CC2)cc1OC. The molecule has 29 heavy (non-hydrogen) atoms. The maximum atomic E-state index is 12.9. The van der Waals surface area contributed by atoms with Crippen molar-refractivity contribution < 1.29 is 19.0 Å². The second-order valence-corrected chi connectivity index (χ2v) is 6.99. The van der Waals surface area contributed by atoms with Crippen molar-refractivity contribution in [2.45, 2.75) is 32.1 Å². The summed E-state index contributed by atoms with van der Waals surface area (Å²) < 4.78 is 16.4. The summed E-state index contributed by atoms with van der Waals surface area (Å²) in [6.45, 7) is 3.87. The highest BCUT2D eigenvalue weighted by atomic mass is 16.5. The maximum absolute atomic E-state index is 12.9. The van der Waals surface area contributed by atoms with Crippen molar-refractivity contribution in [1.29, 1.82) is 0 Å². The number of piperidine rings is 1. The van der Waals surface area contributed by atoms with Crippen LogP contribution in [0.25, 0.3) is 0 Å². The van der Waals surface area contributed by atoms with Gasteiger partial charge in [-0.15, -0.1) is 0 Å². The lowest BCUT2D eigenvalue weighted by Gasteiger charge is -2.32. The van der Waals surface area contributed by atoms with E-state index in [4.69, 9.17) is 19.9 Å². The van der Waals surface area contributed by atoms with Crippen LogP contribution in [0.3, 0.4) is 0 Å². The molecular formula is C21H28N4O4. The minimum atomic E-state index is -0.105. The number of aromatic nitrogens is 2.